The van der Waals surface area contributed by atoms with Crippen molar-refractivity contribution in [2.45, 2.75) is 19.3 Å². The van der Waals surface area contributed by atoms with Gasteiger partial charge in [0.25, 0.3) is 0 Å². The molecule has 0 aromatic heterocycles. The molecule has 0 amide bonds. The summed E-state index contributed by atoms with van der Waals surface area (Å²) in [6.45, 7) is 2.43. The molecule has 0 saturated carbocycles. The van der Waals surface area contributed by atoms with Crippen LogP contribution in [0.1, 0.15) is 24.8 Å². The smallest absolute Gasteiger partial charge is 0.211 e. The maximum absolute atomic E-state index is 10.1. The summed E-state index contributed by atoms with van der Waals surface area (Å²) < 4.78 is 0. The van der Waals surface area contributed by atoms with Gasteiger partial charge in [-0.15, -0.1) is 0 Å². The van der Waals surface area contributed by atoms with Crippen molar-refractivity contribution in [1.29, 1.82) is 0 Å². The molecule has 0 heterocycles. The molecule has 0 aliphatic heterocycles. The van der Waals surface area contributed by atoms with Crippen molar-refractivity contribution in [2.75, 3.05) is 6.54 Å². The molecule has 82 valence electrons. The highest BCUT2D eigenvalue weighted by Crippen LogP contribution is 2.23. The van der Waals surface area contributed by atoms with Crippen LogP contribution >= 0.6 is 0 Å². The molecular formula is C12H12N2O2. The first-order chi connectivity index (χ1) is 7.81. The fourth-order valence-electron chi connectivity index (χ4n) is 1.52. The first-order valence-corrected chi connectivity index (χ1v) is 5.03. The van der Waals surface area contributed by atoms with Gasteiger partial charge in [-0.25, -0.2) is 14.6 Å². The molecular weight excluding hydrogens is 204 g/mol. The molecule has 0 aliphatic carbocycles. The minimum absolute atomic E-state index is 0.156. The molecule has 1 rings (SSSR count). The van der Waals surface area contributed by atoms with E-state index in [1.54, 1.807) is 12.1 Å². The number of hydrogen-bond acceptors (Lipinski definition) is 4. The Hall–Kier alpha value is -2.02. The summed E-state index contributed by atoms with van der Waals surface area (Å²) in [5, 5.41) is 0. The zero-order valence-electron chi connectivity index (χ0n) is 9.01. The van der Waals surface area contributed by atoms with Crippen LogP contribution < -0.4 is 0 Å². The van der Waals surface area contributed by atoms with Crippen LogP contribution in [0.25, 0.3) is 0 Å². The quantitative estimate of drug-likeness (QED) is 0.560. The van der Waals surface area contributed by atoms with Crippen molar-refractivity contribution in [1.82, 2.24) is 0 Å². The Morgan fingerprint density at radius 2 is 2.12 bits per heavy atom. The lowest BCUT2D eigenvalue weighted by molar-refractivity contribution is 0.559. The van der Waals surface area contributed by atoms with E-state index >= 15 is 0 Å². The maximum atomic E-state index is 10.1. The van der Waals surface area contributed by atoms with Crippen molar-refractivity contribution in [3.8, 4) is 0 Å². The third-order valence-corrected chi connectivity index (χ3v) is 2.39. The van der Waals surface area contributed by atoms with Gasteiger partial charge < -0.3 is 0 Å². The summed E-state index contributed by atoms with van der Waals surface area (Å²) in [5.41, 5.74) is 1.58. The van der Waals surface area contributed by atoms with Gasteiger partial charge in [-0.1, -0.05) is 19.1 Å². The molecule has 16 heavy (non-hydrogen) atoms. The van der Waals surface area contributed by atoms with E-state index in [4.69, 9.17) is 0 Å². The minimum atomic E-state index is 0.156. The lowest BCUT2D eigenvalue weighted by Crippen LogP contribution is -2.00. The van der Waals surface area contributed by atoms with E-state index in [2.05, 4.69) is 9.98 Å². The molecule has 1 aromatic carbocycles. The van der Waals surface area contributed by atoms with E-state index in [9.17, 15) is 9.59 Å². The zero-order valence-corrected chi connectivity index (χ0v) is 9.01. The fraction of sp³-hybridized carbons (Fsp3) is 0.333. The van der Waals surface area contributed by atoms with Crippen LogP contribution in [0.15, 0.2) is 34.3 Å². The Morgan fingerprint density at radius 3 is 2.75 bits per heavy atom. The minimum Gasteiger partial charge on any atom is -0.211 e. The van der Waals surface area contributed by atoms with Gasteiger partial charge in [0.2, 0.25) is 12.2 Å². The summed E-state index contributed by atoms with van der Waals surface area (Å²) in [4.78, 5) is 27.3. The molecule has 0 saturated heterocycles. The van der Waals surface area contributed by atoms with Crippen LogP contribution in [0.5, 0.6) is 0 Å². The SMILES string of the molecule is CCC(CN=C=O)c1cccc(N=C=O)c1. The van der Waals surface area contributed by atoms with Gasteiger partial charge >= 0.3 is 0 Å². The summed E-state index contributed by atoms with van der Waals surface area (Å²) in [6.07, 6.45) is 3.89. The summed E-state index contributed by atoms with van der Waals surface area (Å²) in [6, 6.07) is 7.28. The predicted octanol–water partition coefficient (Wildman–Crippen LogP) is 2.48. The first-order valence-electron chi connectivity index (χ1n) is 5.03. The van der Waals surface area contributed by atoms with E-state index in [1.165, 1.54) is 12.2 Å². The fourth-order valence-corrected chi connectivity index (χ4v) is 1.52. The molecule has 1 atom stereocenters. The van der Waals surface area contributed by atoms with E-state index in [-0.39, 0.29) is 5.92 Å². The van der Waals surface area contributed by atoms with Crippen LogP contribution in [0.4, 0.5) is 5.69 Å². The second-order valence-electron chi connectivity index (χ2n) is 3.34. The average molecular weight is 216 g/mol. The lowest BCUT2D eigenvalue weighted by Gasteiger charge is -2.11. The van der Waals surface area contributed by atoms with Gasteiger partial charge in [0.15, 0.2) is 0 Å². The third kappa shape index (κ3) is 3.28. The third-order valence-electron chi connectivity index (χ3n) is 2.39. The molecule has 0 fully saturated rings. The number of benzene rings is 1. The van der Waals surface area contributed by atoms with Crippen molar-refractivity contribution >= 4 is 17.8 Å². The average Bonchev–Trinajstić information content (AvgIpc) is 2.31. The van der Waals surface area contributed by atoms with E-state index in [0.717, 1.165) is 12.0 Å². The molecule has 4 nitrogen and oxygen atoms in total. The second kappa shape index (κ2) is 6.46. The van der Waals surface area contributed by atoms with Gasteiger partial charge in [-0.3, -0.25) is 0 Å². The normalized spacial score (nSPS) is 11.1. The van der Waals surface area contributed by atoms with E-state index in [0.29, 0.717) is 12.2 Å². The molecule has 0 N–H and O–H groups in total. The number of isocyanates is 2. The van der Waals surface area contributed by atoms with E-state index < -0.39 is 0 Å². The Labute approximate surface area is 93.7 Å². The van der Waals surface area contributed by atoms with Gasteiger partial charge in [-0.05, 0) is 24.1 Å². The van der Waals surface area contributed by atoms with Crippen LogP contribution in [-0.4, -0.2) is 18.7 Å². The van der Waals surface area contributed by atoms with Crippen LogP contribution in [0.3, 0.4) is 0 Å². The van der Waals surface area contributed by atoms with Crippen LogP contribution in [0, 0.1) is 0 Å². The van der Waals surface area contributed by atoms with Crippen LogP contribution in [-0.2, 0) is 9.59 Å². The monoisotopic (exact) mass is 216 g/mol. The largest absolute Gasteiger partial charge is 0.240 e. The number of nitrogens with zero attached hydrogens (tertiary/aromatic N) is 2. The Kier molecular flexibility index (Phi) is 4.87. The van der Waals surface area contributed by atoms with Crippen molar-refractivity contribution in [3.05, 3.63) is 29.8 Å². The topological polar surface area (TPSA) is 58.9 Å². The zero-order chi connectivity index (χ0) is 11.8. The van der Waals surface area contributed by atoms with Gasteiger partial charge in [0, 0.05) is 5.92 Å². The summed E-state index contributed by atoms with van der Waals surface area (Å²) >= 11 is 0. The first kappa shape index (κ1) is 12.1. The Balaban J connectivity index is 2.95. The maximum Gasteiger partial charge on any atom is 0.240 e. The van der Waals surface area contributed by atoms with Gasteiger partial charge in [0.1, 0.15) is 0 Å². The van der Waals surface area contributed by atoms with Gasteiger partial charge in [0.05, 0.1) is 12.2 Å². The number of hydrogen-bond donors (Lipinski definition) is 0. The summed E-state index contributed by atoms with van der Waals surface area (Å²) in [7, 11) is 0. The molecule has 1 unspecified atom stereocenters. The highest BCUT2D eigenvalue weighted by molar-refractivity contribution is 5.50. The number of carbonyl (C=O) groups excluding carboxylic acids is 2. The summed E-state index contributed by atoms with van der Waals surface area (Å²) in [5.74, 6) is 0.156. The van der Waals surface area contributed by atoms with Crippen molar-refractivity contribution in [2.24, 2.45) is 9.98 Å². The number of rotatable bonds is 5. The van der Waals surface area contributed by atoms with Crippen molar-refractivity contribution in [3.63, 3.8) is 0 Å². The molecule has 0 aliphatic rings. The highest BCUT2D eigenvalue weighted by Gasteiger charge is 2.08. The second-order valence-corrected chi connectivity index (χ2v) is 3.34. The Morgan fingerprint density at radius 1 is 1.31 bits per heavy atom. The molecule has 0 spiro atoms. The van der Waals surface area contributed by atoms with Crippen molar-refractivity contribution < 1.29 is 9.59 Å². The van der Waals surface area contributed by atoms with Crippen LogP contribution in [0.2, 0.25) is 0 Å². The molecule has 0 radical (unpaired) electrons. The Bertz CT molecular complexity index is 444. The van der Waals surface area contributed by atoms with Gasteiger partial charge in [-0.2, -0.15) is 4.99 Å². The standard InChI is InChI=1S/C12H12N2O2/c1-2-10(7-13-8-15)11-4-3-5-12(6-11)14-9-16/h3-6,10H,2,7H2,1H3. The predicted molar refractivity (Wildman–Crippen MR) is 60.2 cm³/mol. The number of aliphatic imine (C=N–C) groups is 2. The molecule has 1 aromatic rings. The molecule has 4 heteroatoms. The van der Waals surface area contributed by atoms with E-state index in [1.807, 2.05) is 19.1 Å². The lowest BCUT2D eigenvalue weighted by atomic mass is 9.96. The molecule has 0 bridgehead atoms. The highest BCUT2D eigenvalue weighted by atomic mass is 16.1.